The molecule has 0 atom stereocenters. The van der Waals surface area contributed by atoms with Crippen LogP contribution in [0.2, 0.25) is 0 Å². The molecule has 0 spiro atoms. The van der Waals surface area contributed by atoms with Crippen LogP contribution >= 0.6 is 0 Å². The van der Waals surface area contributed by atoms with Crippen molar-refractivity contribution in [3.8, 4) is 0 Å². The molecule has 1 aromatic rings. The Bertz CT molecular complexity index is 461. The number of Topliss-reactive ketones (excluding diaryl/α,β-unsaturated/α-hetero) is 1. The van der Waals surface area contributed by atoms with Crippen molar-refractivity contribution < 1.29 is 14.3 Å². The second-order valence-electron chi connectivity index (χ2n) is 3.29. The Morgan fingerprint density at radius 3 is 2.53 bits per heavy atom. The number of rotatable bonds is 5. The Kier molecular flexibility index (Phi) is 4.72. The molecule has 0 amide bonds. The Labute approximate surface area is 97.8 Å². The summed E-state index contributed by atoms with van der Waals surface area (Å²) in [5.41, 5.74) is 9.25. The average Bonchev–Trinajstić information content (AvgIpc) is 2.36. The van der Waals surface area contributed by atoms with E-state index in [9.17, 15) is 9.59 Å². The maximum atomic E-state index is 11.3. The number of nitrogens with zero attached hydrogens (tertiary/aromatic N) is 3. The van der Waals surface area contributed by atoms with Gasteiger partial charge < -0.3 is 4.74 Å². The summed E-state index contributed by atoms with van der Waals surface area (Å²) in [6.45, 7) is -0.157. The van der Waals surface area contributed by atoms with Gasteiger partial charge in [0.1, 0.15) is 5.78 Å². The lowest BCUT2D eigenvalue weighted by molar-refractivity contribution is -0.117. The Hall–Kier alpha value is -2.33. The van der Waals surface area contributed by atoms with Gasteiger partial charge in [0, 0.05) is 11.3 Å². The number of azide groups is 1. The van der Waals surface area contributed by atoms with Gasteiger partial charge in [0.2, 0.25) is 0 Å². The van der Waals surface area contributed by atoms with Gasteiger partial charge in [-0.25, -0.2) is 4.79 Å². The smallest absolute Gasteiger partial charge is 0.337 e. The molecule has 1 rings (SSSR count). The predicted octanol–water partition coefficient (Wildman–Crippen LogP) is 1.90. The maximum absolute atomic E-state index is 11.3. The zero-order valence-electron chi connectivity index (χ0n) is 9.29. The van der Waals surface area contributed by atoms with E-state index in [1.807, 2.05) is 0 Å². The topological polar surface area (TPSA) is 92.1 Å². The summed E-state index contributed by atoms with van der Waals surface area (Å²) in [6, 6.07) is 6.50. The van der Waals surface area contributed by atoms with Gasteiger partial charge in [-0.15, -0.1) is 0 Å². The third kappa shape index (κ3) is 3.96. The lowest BCUT2D eigenvalue weighted by Gasteiger charge is -2.01. The van der Waals surface area contributed by atoms with E-state index in [0.29, 0.717) is 5.56 Å². The first-order valence-electron chi connectivity index (χ1n) is 4.87. The van der Waals surface area contributed by atoms with E-state index in [1.165, 1.54) is 7.11 Å². The summed E-state index contributed by atoms with van der Waals surface area (Å²) in [5.74, 6) is -0.592. The largest absolute Gasteiger partial charge is 0.465 e. The minimum absolute atomic E-state index is 0.157. The normalized spacial score (nSPS) is 9.24. The molecule has 0 aliphatic rings. The molecule has 6 heteroatoms. The highest BCUT2D eigenvalue weighted by atomic mass is 16.5. The standard InChI is InChI=1S/C11H11N3O3/c1-17-11(16)9-4-2-8(3-5-9)6-10(15)7-13-14-12/h2-5H,6-7H2,1H3. The summed E-state index contributed by atoms with van der Waals surface area (Å²) in [7, 11) is 1.31. The van der Waals surface area contributed by atoms with Gasteiger partial charge in [-0.3, -0.25) is 4.79 Å². The third-order valence-corrected chi connectivity index (χ3v) is 2.09. The first-order chi connectivity index (χ1) is 8.17. The summed E-state index contributed by atoms with van der Waals surface area (Å²) in [6.07, 6.45) is 0.181. The van der Waals surface area contributed by atoms with Gasteiger partial charge >= 0.3 is 5.97 Å². The summed E-state index contributed by atoms with van der Waals surface area (Å²) in [4.78, 5) is 24.9. The van der Waals surface area contributed by atoms with Crippen molar-refractivity contribution in [3.63, 3.8) is 0 Å². The molecule has 0 aliphatic heterocycles. The molecule has 0 saturated heterocycles. The van der Waals surface area contributed by atoms with E-state index < -0.39 is 5.97 Å². The van der Waals surface area contributed by atoms with Gasteiger partial charge in [0.15, 0.2) is 0 Å². The number of carbonyl (C=O) groups is 2. The van der Waals surface area contributed by atoms with Crippen LogP contribution in [0.25, 0.3) is 10.4 Å². The SMILES string of the molecule is COC(=O)c1ccc(CC(=O)CN=[N+]=[N-])cc1. The zero-order chi connectivity index (χ0) is 12.7. The lowest BCUT2D eigenvalue weighted by atomic mass is 10.1. The molecule has 17 heavy (non-hydrogen) atoms. The highest BCUT2D eigenvalue weighted by molar-refractivity contribution is 5.89. The molecule has 0 N–H and O–H groups in total. The van der Waals surface area contributed by atoms with Crippen LogP contribution in [0.4, 0.5) is 0 Å². The van der Waals surface area contributed by atoms with Gasteiger partial charge in [-0.05, 0) is 23.2 Å². The molecule has 0 saturated carbocycles. The Balaban J connectivity index is 2.65. The average molecular weight is 233 g/mol. The van der Waals surface area contributed by atoms with Crippen LogP contribution < -0.4 is 0 Å². The molecular weight excluding hydrogens is 222 g/mol. The van der Waals surface area contributed by atoms with Crippen molar-refractivity contribution in [1.29, 1.82) is 0 Å². The van der Waals surface area contributed by atoms with Crippen LogP contribution in [-0.2, 0) is 16.0 Å². The molecule has 0 unspecified atom stereocenters. The van der Waals surface area contributed by atoms with Gasteiger partial charge in [-0.1, -0.05) is 17.2 Å². The Morgan fingerprint density at radius 1 is 1.35 bits per heavy atom. The summed E-state index contributed by atoms with van der Waals surface area (Å²) >= 11 is 0. The molecule has 0 bridgehead atoms. The second-order valence-corrected chi connectivity index (χ2v) is 3.29. The van der Waals surface area contributed by atoms with Crippen molar-refractivity contribution >= 4 is 11.8 Å². The van der Waals surface area contributed by atoms with Crippen LogP contribution in [0.5, 0.6) is 0 Å². The number of hydrogen-bond donors (Lipinski definition) is 0. The highest BCUT2D eigenvalue weighted by Gasteiger charge is 2.06. The number of ether oxygens (including phenoxy) is 1. The minimum Gasteiger partial charge on any atom is -0.465 e. The van der Waals surface area contributed by atoms with Crippen LogP contribution in [0.3, 0.4) is 0 Å². The number of esters is 1. The molecule has 0 aromatic heterocycles. The van der Waals surface area contributed by atoms with E-state index in [0.717, 1.165) is 5.56 Å². The predicted molar refractivity (Wildman–Crippen MR) is 60.5 cm³/mol. The Morgan fingerprint density at radius 2 is 2.00 bits per heavy atom. The van der Waals surface area contributed by atoms with Crippen molar-refractivity contribution in [2.45, 2.75) is 6.42 Å². The van der Waals surface area contributed by atoms with E-state index in [2.05, 4.69) is 14.8 Å². The van der Waals surface area contributed by atoms with E-state index in [1.54, 1.807) is 24.3 Å². The quantitative estimate of drug-likeness (QED) is 0.336. The fourth-order valence-electron chi connectivity index (χ4n) is 1.27. The van der Waals surface area contributed by atoms with E-state index >= 15 is 0 Å². The molecule has 1 aromatic carbocycles. The van der Waals surface area contributed by atoms with Crippen molar-refractivity contribution in [2.24, 2.45) is 5.11 Å². The van der Waals surface area contributed by atoms with Crippen LogP contribution in [0.15, 0.2) is 29.4 Å². The first kappa shape index (κ1) is 12.7. The van der Waals surface area contributed by atoms with Gasteiger partial charge in [-0.2, -0.15) is 0 Å². The van der Waals surface area contributed by atoms with E-state index in [4.69, 9.17) is 5.53 Å². The molecule has 0 aliphatic carbocycles. The van der Waals surface area contributed by atoms with Crippen molar-refractivity contribution in [1.82, 2.24) is 0 Å². The number of hydrogen-bond acceptors (Lipinski definition) is 4. The van der Waals surface area contributed by atoms with Gasteiger partial charge in [0.25, 0.3) is 0 Å². The van der Waals surface area contributed by atoms with Crippen LogP contribution in [-0.4, -0.2) is 25.4 Å². The maximum Gasteiger partial charge on any atom is 0.337 e. The van der Waals surface area contributed by atoms with Crippen molar-refractivity contribution in [2.75, 3.05) is 13.7 Å². The molecule has 0 fully saturated rings. The summed E-state index contributed by atoms with van der Waals surface area (Å²) in [5, 5.41) is 3.18. The molecule has 0 radical (unpaired) electrons. The number of methoxy groups -OCH3 is 1. The van der Waals surface area contributed by atoms with Crippen molar-refractivity contribution in [3.05, 3.63) is 45.8 Å². The fourth-order valence-corrected chi connectivity index (χ4v) is 1.27. The zero-order valence-corrected chi connectivity index (χ0v) is 9.29. The molecule has 6 nitrogen and oxygen atoms in total. The van der Waals surface area contributed by atoms with Gasteiger partial charge in [0.05, 0.1) is 19.2 Å². The third-order valence-electron chi connectivity index (χ3n) is 2.09. The highest BCUT2D eigenvalue weighted by Crippen LogP contribution is 2.06. The fraction of sp³-hybridized carbons (Fsp3) is 0.273. The summed E-state index contributed by atoms with van der Waals surface area (Å²) < 4.78 is 4.55. The molecule has 88 valence electrons. The lowest BCUT2D eigenvalue weighted by Crippen LogP contribution is -2.06. The first-order valence-corrected chi connectivity index (χ1v) is 4.87. The molecular formula is C11H11N3O3. The second kappa shape index (κ2) is 6.30. The number of benzene rings is 1. The minimum atomic E-state index is -0.419. The number of carbonyl (C=O) groups excluding carboxylic acids is 2. The number of ketones is 1. The van der Waals surface area contributed by atoms with Crippen LogP contribution in [0, 0.1) is 0 Å². The van der Waals surface area contributed by atoms with Crippen LogP contribution in [0.1, 0.15) is 15.9 Å². The monoisotopic (exact) mass is 233 g/mol. The van der Waals surface area contributed by atoms with E-state index in [-0.39, 0.29) is 18.7 Å². The molecule has 0 heterocycles.